The third-order valence-electron chi connectivity index (χ3n) is 3.55. The van der Waals surface area contributed by atoms with E-state index in [-0.39, 0.29) is 5.41 Å². The van der Waals surface area contributed by atoms with Gasteiger partial charge in [-0.3, -0.25) is 0 Å². The number of para-hydroxylation sites is 1. The van der Waals surface area contributed by atoms with Crippen LogP contribution in [0.15, 0.2) is 30.3 Å². The van der Waals surface area contributed by atoms with Gasteiger partial charge in [-0.1, -0.05) is 39.0 Å². The Bertz CT molecular complexity index is 297. The maximum absolute atomic E-state index is 5.83. The fourth-order valence-corrected chi connectivity index (χ4v) is 1.55. The molecule has 0 aliphatic heterocycles. The molecule has 0 fully saturated rings. The Hall–Kier alpha value is -1.02. The summed E-state index contributed by atoms with van der Waals surface area (Å²) >= 11 is 0. The molecule has 0 aromatic heterocycles. The zero-order chi connectivity index (χ0) is 12.0. The van der Waals surface area contributed by atoms with Crippen molar-refractivity contribution < 1.29 is 4.74 Å². The van der Waals surface area contributed by atoms with Crippen LogP contribution in [0.5, 0.6) is 5.75 Å². The molecule has 0 heterocycles. The van der Waals surface area contributed by atoms with Gasteiger partial charge in [0.1, 0.15) is 5.75 Å². The summed E-state index contributed by atoms with van der Waals surface area (Å²) in [5, 5.41) is 0. The Balaban J connectivity index is 2.40. The topological polar surface area (TPSA) is 35.2 Å². The molecule has 2 heteroatoms. The quantitative estimate of drug-likeness (QED) is 0.801. The first kappa shape index (κ1) is 13.0. The minimum absolute atomic E-state index is 0.175. The molecule has 16 heavy (non-hydrogen) atoms. The lowest BCUT2D eigenvalue weighted by Gasteiger charge is -2.32. The molecule has 1 atom stereocenters. The van der Waals surface area contributed by atoms with Crippen LogP contribution < -0.4 is 10.5 Å². The van der Waals surface area contributed by atoms with Gasteiger partial charge in [-0.2, -0.15) is 0 Å². The first-order chi connectivity index (χ1) is 7.58. The van der Waals surface area contributed by atoms with Gasteiger partial charge in [0, 0.05) is 0 Å². The Morgan fingerprint density at radius 3 is 2.38 bits per heavy atom. The predicted octanol–water partition coefficient (Wildman–Crippen LogP) is 3.08. The van der Waals surface area contributed by atoms with Gasteiger partial charge in [-0.15, -0.1) is 0 Å². The number of rotatable bonds is 6. The maximum Gasteiger partial charge on any atom is 0.119 e. The molecule has 0 aliphatic rings. The normalized spacial score (nSPS) is 14.8. The van der Waals surface area contributed by atoms with Crippen molar-refractivity contribution in [3.63, 3.8) is 0 Å². The van der Waals surface area contributed by atoms with Gasteiger partial charge >= 0.3 is 0 Å². The van der Waals surface area contributed by atoms with Crippen molar-refractivity contribution in [2.75, 3.05) is 13.2 Å². The second kappa shape index (κ2) is 5.90. The van der Waals surface area contributed by atoms with E-state index >= 15 is 0 Å². The maximum atomic E-state index is 5.83. The number of ether oxygens (including phenoxy) is 1. The Morgan fingerprint density at radius 2 is 1.88 bits per heavy atom. The van der Waals surface area contributed by atoms with Gasteiger partial charge in [0.25, 0.3) is 0 Å². The lowest BCUT2D eigenvalue weighted by atomic mass is 9.77. The van der Waals surface area contributed by atoms with Crippen LogP contribution in [0.2, 0.25) is 0 Å². The number of nitrogens with two attached hydrogens (primary N) is 1. The molecular formula is C14H23NO. The highest BCUT2D eigenvalue weighted by Crippen LogP contribution is 2.29. The molecule has 1 rings (SSSR count). The molecule has 1 aromatic rings. The minimum Gasteiger partial charge on any atom is -0.494 e. The third-order valence-corrected chi connectivity index (χ3v) is 3.55. The Labute approximate surface area is 98.8 Å². The van der Waals surface area contributed by atoms with E-state index in [9.17, 15) is 0 Å². The lowest BCUT2D eigenvalue weighted by Crippen LogP contribution is -2.34. The van der Waals surface area contributed by atoms with E-state index in [1.807, 2.05) is 30.3 Å². The molecule has 1 unspecified atom stereocenters. The minimum atomic E-state index is 0.175. The fourth-order valence-electron chi connectivity index (χ4n) is 1.55. The predicted molar refractivity (Wildman–Crippen MR) is 68.6 cm³/mol. The van der Waals surface area contributed by atoms with E-state index in [0.29, 0.717) is 12.5 Å². The summed E-state index contributed by atoms with van der Waals surface area (Å²) in [6.07, 6.45) is 0.996. The molecule has 0 radical (unpaired) electrons. The summed E-state index contributed by atoms with van der Waals surface area (Å²) in [5.41, 5.74) is 6.01. The van der Waals surface area contributed by atoms with Crippen LogP contribution in [0, 0.1) is 11.3 Å². The van der Waals surface area contributed by atoms with Crippen molar-refractivity contribution in [1.82, 2.24) is 0 Å². The van der Waals surface area contributed by atoms with Crippen LogP contribution in [0.3, 0.4) is 0 Å². The van der Waals surface area contributed by atoms with E-state index in [4.69, 9.17) is 10.5 Å². The summed E-state index contributed by atoms with van der Waals surface area (Å²) < 4.78 is 5.70. The Kier molecular flexibility index (Phi) is 4.81. The SMILES string of the molecule is CC(C)C(C)(CN)CCOc1ccccc1. The van der Waals surface area contributed by atoms with Crippen molar-refractivity contribution in [3.05, 3.63) is 30.3 Å². The van der Waals surface area contributed by atoms with E-state index in [1.165, 1.54) is 0 Å². The fraction of sp³-hybridized carbons (Fsp3) is 0.571. The van der Waals surface area contributed by atoms with E-state index < -0.39 is 0 Å². The zero-order valence-electron chi connectivity index (χ0n) is 10.6. The third kappa shape index (κ3) is 3.53. The number of benzene rings is 1. The van der Waals surface area contributed by atoms with Crippen LogP contribution in [0.4, 0.5) is 0 Å². The van der Waals surface area contributed by atoms with Gasteiger partial charge in [0.2, 0.25) is 0 Å². The second-order valence-corrected chi connectivity index (χ2v) is 4.92. The second-order valence-electron chi connectivity index (χ2n) is 4.92. The van der Waals surface area contributed by atoms with Crippen LogP contribution >= 0.6 is 0 Å². The van der Waals surface area contributed by atoms with Gasteiger partial charge in [0.05, 0.1) is 6.61 Å². The smallest absolute Gasteiger partial charge is 0.119 e. The first-order valence-corrected chi connectivity index (χ1v) is 5.96. The number of hydrogen-bond donors (Lipinski definition) is 1. The Morgan fingerprint density at radius 1 is 1.25 bits per heavy atom. The largest absolute Gasteiger partial charge is 0.494 e. The van der Waals surface area contributed by atoms with Gasteiger partial charge in [0.15, 0.2) is 0 Å². The van der Waals surface area contributed by atoms with Gasteiger partial charge in [-0.25, -0.2) is 0 Å². The molecule has 0 bridgehead atoms. The van der Waals surface area contributed by atoms with Crippen molar-refractivity contribution >= 4 is 0 Å². The standard InChI is InChI=1S/C14H23NO/c1-12(2)14(3,11-15)9-10-16-13-7-5-4-6-8-13/h4-8,12H,9-11,15H2,1-3H3. The molecule has 90 valence electrons. The van der Waals surface area contributed by atoms with Gasteiger partial charge in [-0.05, 0) is 36.4 Å². The summed E-state index contributed by atoms with van der Waals surface area (Å²) in [7, 11) is 0. The van der Waals surface area contributed by atoms with Crippen LogP contribution in [-0.4, -0.2) is 13.2 Å². The van der Waals surface area contributed by atoms with Gasteiger partial charge < -0.3 is 10.5 Å². The van der Waals surface area contributed by atoms with Crippen molar-refractivity contribution in [2.45, 2.75) is 27.2 Å². The highest BCUT2D eigenvalue weighted by Gasteiger charge is 2.26. The summed E-state index contributed by atoms with van der Waals surface area (Å²) in [6, 6.07) is 9.93. The van der Waals surface area contributed by atoms with Crippen LogP contribution in [0.1, 0.15) is 27.2 Å². The zero-order valence-corrected chi connectivity index (χ0v) is 10.6. The molecular weight excluding hydrogens is 198 g/mol. The average Bonchev–Trinajstić information content (AvgIpc) is 2.30. The highest BCUT2D eigenvalue weighted by molar-refractivity contribution is 5.20. The summed E-state index contributed by atoms with van der Waals surface area (Å²) in [6.45, 7) is 8.11. The lowest BCUT2D eigenvalue weighted by molar-refractivity contribution is 0.162. The molecule has 0 spiro atoms. The average molecular weight is 221 g/mol. The van der Waals surface area contributed by atoms with E-state index in [0.717, 1.165) is 18.8 Å². The molecule has 0 saturated heterocycles. The summed E-state index contributed by atoms with van der Waals surface area (Å²) in [5.74, 6) is 1.52. The number of hydrogen-bond acceptors (Lipinski definition) is 2. The highest BCUT2D eigenvalue weighted by atomic mass is 16.5. The van der Waals surface area contributed by atoms with Crippen LogP contribution in [-0.2, 0) is 0 Å². The molecule has 2 nitrogen and oxygen atoms in total. The van der Waals surface area contributed by atoms with Crippen molar-refractivity contribution in [2.24, 2.45) is 17.1 Å². The van der Waals surface area contributed by atoms with E-state index in [1.54, 1.807) is 0 Å². The van der Waals surface area contributed by atoms with Crippen molar-refractivity contribution in [3.8, 4) is 5.75 Å². The molecule has 1 aromatic carbocycles. The van der Waals surface area contributed by atoms with E-state index in [2.05, 4.69) is 20.8 Å². The first-order valence-electron chi connectivity index (χ1n) is 5.96. The van der Waals surface area contributed by atoms with Crippen LogP contribution in [0.25, 0.3) is 0 Å². The van der Waals surface area contributed by atoms with Crippen molar-refractivity contribution in [1.29, 1.82) is 0 Å². The molecule has 2 N–H and O–H groups in total. The molecule has 0 saturated carbocycles. The molecule has 0 aliphatic carbocycles. The molecule has 0 amide bonds. The monoisotopic (exact) mass is 221 g/mol. The summed E-state index contributed by atoms with van der Waals surface area (Å²) in [4.78, 5) is 0.